The highest BCUT2D eigenvalue weighted by Gasteiger charge is 2.06. The van der Waals surface area contributed by atoms with Crippen LogP contribution in [0.3, 0.4) is 0 Å². The third kappa shape index (κ3) is 2.92. The highest BCUT2D eigenvalue weighted by molar-refractivity contribution is 7.12. The van der Waals surface area contributed by atoms with Crippen LogP contribution < -0.4 is 4.80 Å². The summed E-state index contributed by atoms with van der Waals surface area (Å²) in [6.07, 6.45) is 2.69. The van der Waals surface area contributed by atoms with Gasteiger partial charge >= 0.3 is 0 Å². The van der Waals surface area contributed by atoms with Gasteiger partial charge in [-0.25, -0.2) is 4.68 Å². The highest BCUT2D eigenvalue weighted by Crippen LogP contribution is 2.18. The van der Waals surface area contributed by atoms with Crippen molar-refractivity contribution in [1.82, 2.24) is 9.78 Å². The number of unbranched alkanes of at least 4 members (excludes halogenated alkanes) is 1. The van der Waals surface area contributed by atoms with Crippen LogP contribution >= 0.6 is 11.3 Å². The molecule has 0 radical (unpaired) electrons. The molecule has 0 saturated carbocycles. The van der Waals surface area contributed by atoms with Gasteiger partial charge in [-0.05, 0) is 6.42 Å². The largest absolute Gasteiger partial charge is 0.276 e. The molecule has 4 nitrogen and oxygen atoms in total. The minimum Gasteiger partial charge on any atom is -0.276 e. The molecule has 0 aliphatic carbocycles. The summed E-state index contributed by atoms with van der Waals surface area (Å²) in [5.41, 5.74) is 1.06. The van der Waals surface area contributed by atoms with E-state index in [1.807, 2.05) is 35.0 Å². The van der Waals surface area contributed by atoms with Crippen LogP contribution in [-0.4, -0.2) is 16.2 Å². The van der Waals surface area contributed by atoms with E-state index >= 15 is 0 Å². The molecule has 5 heteroatoms. The molecule has 0 bridgehead atoms. The monoisotopic (exact) mass is 261 g/mol. The Balaban J connectivity index is 2.39. The molecule has 1 aromatic heterocycles. The molecule has 1 amide bonds. The van der Waals surface area contributed by atoms with Crippen LogP contribution in [0.1, 0.15) is 19.8 Å². The van der Waals surface area contributed by atoms with Gasteiger partial charge in [0.2, 0.25) is 11.2 Å². The standard InChI is InChI=1S/C13H15N3OS/c1-2-3-9-16-13(14-10-17)18-12(15-16)11-7-5-4-6-8-11/h4-8,10H,2-3,9H2,1H3. The minimum atomic E-state index is 0.574. The Morgan fingerprint density at radius 2 is 2.17 bits per heavy atom. The van der Waals surface area contributed by atoms with E-state index in [-0.39, 0.29) is 0 Å². The second-order valence-corrected chi connectivity index (χ2v) is 4.82. The summed E-state index contributed by atoms with van der Waals surface area (Å²) in [7, 11) is 0. The summed E-state index contributed by atoms with van der Waals surface area (Å²) in [4.78, 5) is 15.1. The molecule has 2 rings (SSSR count). The molecule has 0 spiro atoms. The van der Waals surface area contributed by atoms with E-state index in [0.29, 0.717) is 11.2 Å². The Hall–Kier alpha value is -1.75. The zero-order valence-corrected chi connectivity index (χ0v) is 11.1. The number of hydrogen-bond acceptors (Lipinski definition) is 3. The number of hydrogen-bond donors (Lipinski definition) is 0. The number of aromatic nitrogens is 2. The van der Waals surface area contributed by atoms with Crippen molar-refractivity contribution in [1.29, 1.82) is 0 Å². The van der Waals surface area contributed by atoms with Crippen molar-refractivity contribution in [3.8, 4) is 10.6 Å². The van der Waals surface area contributed by atoms with Gasteiger partial charge in [-0.2, -0.15) is 10.1 Å². The Morgan fingerprint density at radius 1 is 1.39 bits per heavy atom. The summed E-state index contributed by atoms with van der Waals surface area (Å²) in [6.45, 7) is 2.92. The topological polar surface area (TPSA) is 47.2 Å². The van der Waals surface area contributed by atoms with Crippen LogP contribution in [0.5, 0.6) is 0 Å². The van der Waals surface area contributed by atoms with Gasteiger partial charge in [-0.1, -0.05) is 55.0 Å². The van der Waals surface area contributed by atoms with Gasteiger partial charge < -0.3 is 0 Å². The molecule has 0 aliphatic heterocycles. The first-order chi connectivity index (χ1) is 8.85. The van der Waals surface area contributed by atoms with Crippen molar-refractivity contribution in [3.63, 3.8) is 0 Å². The maximum atomic E-state index is 10.5. The van der Waals surface area contributed by atoms with Crippen LogP contribution in [0.2, 0.25) is 0 Å². The SMILES string of the molecule is CCCCn1nc(-c2ccccc2)sc1=NC=O. The molecule has 0 atom stereocenters. The van der Waals surface area contributed by atoms with Crippen LogP contribution in [-0.2, 0) is 11.3 Å². The van der Waals surface area contributed by atoms with Crippen molar-refractivity contribution in [3.05, 3.63) is 35.1 Å². The Bertz CT molecular complexity index is 571. The molecule has 1 heterocycles. The Labute approximate surface area is 110 Å². The van der Waals surface area contributed by atoms with E-state index < -0.39 is 0 Å². The first kappa shape index (κ1) is 12.7. The smallest absolute Gasteiger partial charge is 0.235 e. The summed E-state index contributed by atoms with van der Waals surface area (Å²) < 4.78 is 1.81. The number of nitrogens with zero attached hydrogens (tertiary/aromatic N) is 3. The maximum Gasteiger partial charge on any atom is 0.235 e. The van der Waals surface area contributed by atoms with Gasteiger partial charge in [0, 0.05) is 12.1 Å². The van der Waals surface area contributed by atoms with Crippen molar-refractivity contribution < 1.29 is 4.79 Å². The molecule has 0 saturated heterocycles. The fraction of sp³-hybridized carbons (Fsp3) is 0.308. The predicted octanol–water partition coefficient (Wildman–Crippen LogP) is 2.47. The van der Waals surface area contributed by atoms with E-state index in [4.69, 9.17) is 0 Å². The summed E-state index contributed by atoms with van der Waals surface area (Å²) in [6, 6.07) is 9.94. The van der Waals surface area contributed by atoms with Crippen LogP contribution in [0, 0.1) is 0 Å². The first-order valence-electron chi connectivity index (χ1n) is 5.96. The van der Waals surface area contributed by atoms with Gasteiger partial charge in [0.1, 0.15) is 5.01 Å². The van der Waals surface area contributed by atoms with Crippen molar-refractivity contribution in [2.75, 3.05) is 0 Å². The van der Waals surface area contributed by atoms with Crippen LogP contribution in [0.25, 0.3) is 10.6 Å². The fourth-order valence-corrected chi connectivity index (χ4v) is 2.50. The number of amides is 1. The van der Waals surface area contributed by atoms with E-state index in [1.54, 1.807) is 0 Å². The molecule has 1 aromatic carbocycles. The molecule has 94 valence electrons. The van der Waals surface area contributed by atoms with E-state index in [9.17, 15) is 4.79 Å². The van der Waals surface area contributed by atoms with Gasteiger partial charge in [0.25, 0.3) is 0 Å². The van der Waals surface area contributed by atoms with Gasteiger partial charge in [0.15, 0.2) is 0 Å². The van der Waals surface area contributed by atoms with Crippen LogP contribution in [0.15, 0.2) is 35.3 Å². The number of benzene rings is 1. The molecular weight excluding hydrogens is 246 g/mol. The average Bonchev–Trinajstić information content (AvgIpc) is 2.81. The van der Waals surface area contributed by atoms with E-state index in [2.05, 4.69) is 17.0 Å². The van der Waals surface area contributed by atoms with Gasteiger partial charge in [0.05, 0.1) is 0 Å². The number of aryl methyl sites for hydroxylation is 1. The Morgan fingerprint density at radius 3 is 2.83 bits per heavy atom. The Kier molecular flexibility index (Phi) is 4.41. The van der Waals surface area contributed by atoms with Crippen molar-refractivity contribution >= 4 is 17.7 Å². The first-order valence-corrected chi connectivity index (χ1v) is 6.77. The lowest BCUT2D eigenvalue weighted by atomic mass is 10.2. The molecule has 0 aliphatic rings. The fourth-order valence-electron chi connectivity index (χ4n) is 1.60. The second kappa shape index (κ2) is 6.26. The quantitative estimate of drug-likeness (QED) is 0.776. The molecule has 2 aromatic rings. The average molecular weight is 261 g/mol. The summed E-state index contributed by atoms with van der Waals surface area (Å²) in [5, 5.41) is 5.41. The second-order valence-electron chi connectivity index (χ2n) is 3.87. The summed E-state index contributed by atoms with van der Waals surface area (Å²) >= 11 is 1.44. The number of rotatable bonds is 5. The number of carbonyl (C=O) groups is 1. The highest BCUT2D eigenvalue weighted by atomic mass is 32.1. The van der Waals surface area contributed by atoms with Gasteiger partial charge in [-0.15, -0.1) is 0 Å². The van der Waals surface area contributed by atoms with Crippen molar-refractivity contribution in [2.24, 2.45) is 4.99 Å². The van der Waals surface area contributed by atoms with E-state index in [1.165, 1.54) is 11.3 Å². The molecule has 18 heavy (non-hydrogen) atoms. The molecule has 0 fully saturated rings. The molecule has 0 unspecified atom stereocenters. The van der Waals surface area contributed by atoms with Crippen LogP contribution in [0.4, 0.5) is 0 Å². The zero-order valence-electron chi connectivity index (χ0n) is 10.2. The van der Waals surface area contributed by atoms with Crippen molar-refractivity contribution in [2.45, 2.75) is 26.3 Å². The predicted molar refractivity (Wildman–Crippen MR) is 72.1 cm³/mol. The number of carbonyl (C=O) groups excluding carboxylic acids is 1. The minimum absolute atomic E-state index is 0.574. The molecule has 0 N–H and O–H groups in total. The zero-order chi connectivity index (χ0) is 12.8. The summed E-state index contributed by atoms with van der Waals surface area (Å²) in [5.74, 6) is 0. The van der Waals surface area contributed by atoms with Gasteiger partial charge in [-0.3, -0.25) is 4.79 Å². The van der Waals surface area contributed by atoms with E-state index in [0.717, 1.165) is 30.0 Å². The maximum absolute atomic E-state index is 10.5. The normalized spacial score (nSPS) is 11.7. The third-order valence-electron chi connectivity index (χ3n) is 2.53. The lowest BCUT2D eigenvalue weighted by Crippen LogP contribution is -2.16. The molecular formula is C13H15N3OS. The lowest BCUT2D eigenvalue weighted by molar-refractivity contribution is -0.107. The lowest BCUT2D eigenvalue weighted by Gasteiger charge is -1.98. The third-order valence-corrected chi connectivity index (χ3v) is 3.54.